The molecule has 1 atom stereocenters. The Bertz CT molecular complexity index is 317. The van der Waals surface area contributed by atoms with E-state index in [4.69, 9.17) is 9.47 Å². The van der Waals surface area contributed by atoms with Gasteiger partial charge in [-0.25, -0.2) is 0 Å². The van der Waals surface area contributed by atoms with Crippen LogP contribution in [0.25, 0.3) is 0 Å². The molecule has 2 rings (SSSR count). The molecule has 2 heteroatoms. The van der Waals surface area contributed by atoms with Crippen molar-refractivity contribution in [1.29, 1.82) is 0 Å². The molecule has 0 spiro atoms. The van der Waals surface area contributed by atoms with Gasteiger partial charge in [0.05, 0.1) is 6.61 Å². The molecule has 0 bridgehead atoms. The van der Waals surface area contributed by atoms with Crippen LogP contribution in [0.4, 0.5) is 0 Å². The van der Waals surface area contributed by atoms with E-state index < -0.39 is 0 Å². The first-order valence-electron chi connectivity index (χ1n) is 4.84. The molecule has 1 heterocycles. The molecule has 1 aromatic carbocycles. The van der Waals surface area contributed by atoms with E-state index >= 15 is 0 Å². The molecule has 0 N–H and O–H groups in total. The van der Waals surface area contributed by atoms with Gasteiger partial charge in [0.2, 0.25) is 0 Å². The van der Waals surface area contributed by atoms with E-state index in [1.807, 2.05) is 26.0 Å². The zero-order valence-electron chi connectivity index (χ0n) is 8.67. The second-order valence-electron chi connectivity index (χ2n) is 3.83. The van der Waals surface area contributed by atoms with Gasteiger partial charge in [-0.15, -0.1) is 0 Å². The fourth-order valence-electron chi connectivity index (χ4n) is 1.61. The van der Waals surface area contributed by atoms with Gasteiger partial charge in [0.15, 0.2) is 0 Å². The summed E-state index contributed by atoms with van der Waals surface area (Å²) in [5.41, 5.74) is 3.33. The highest BCUT2D eigenvalue weighted by molar-refractivity contribution is 5.44. The normalized spacial score (nSPS) is 19.5. The SMILES string of the molecule is [CH2]c1cc(C)c(OCC2CO2)c(C)c1. The molecule has 75 valence electrons. The molecule has 1 aliphatic heterocycles. The first-order chi connectivity index (χ1) is 6.66. The molecule has 14 heavy (non-hydrogen) atoms. The third-order valence-corrected chi connectivity index (χ3v) is 2.34. The predicted molar refractivity (Wildman–Crippen MR) is 55.6 cm³/mol. The van der Waals surface area contributed by atoms with Crippen molar-refractivity contribution in [3.63, 3.8) is 0 Å². The highest BCUT2D eigenvalue weighted by atomic mass is 16.6. The van der Waals surface area contributed by atoms with Crippen LogP contribution in [0.1, 0.15) is 16.7 Å². The predicted octanol–water partition coefficient (Wildman–Crippen LogP) is 2.26. The fraction of sp³-hybridized carbons (Fsp3) is 0.417. The van der Waals surface area contributed by atoms with Crippen molar-refractivity contribution in [2.75, 3.05) is 13.2 Å². The van der Waals surface area contributed by atoms with Crippen molar-refractivity contribution in [2.24, 2.45) is 0 Å². The van der Waals surface area contributed by atoms with Gasteiger partial charge < -0.3 is 9.47 Å². The lowest BCUT2D eigenvalue weighted by Crippen LogP contribution is -2.06. The van der Waals surface area contributed by atoms with Gasteiger partial charge in [0, 0.05) is 0 Å². The summed E-state index contributed by atoms with van der Waals surface area (Å²) in [5, 5.41) is 0. The van der Waals surface area contributed by atoms with Crippen LogP contribution >= 0.6 is 0 Å². The van der Waals surface area contributed by atoms with Crippen LogP contribution in [0, 0.1) is 20.8 Å². The third-order valence-electron chi connectivity index (χ3n) is 2.34. The Morgan fingerprint density at radius 1 is 1.43 bits per heavy atom. The molecule has 1 aromatic rings. The Hall–Kier alpha value is -1.02. The number of ether oxygens (including phenoxy) is 2. The minimum atomic E-state index is 0.313. The van der Waals surface area contributed by atoms with Gasteiger partial charge in [-0.05, 0) is 37.5 Å². The van der Waals surface area contributed by atoms with Gasteiger partial charge in [0.25, 0.3) is 0 Å². The molecule has 0 aromatic heterocycles. The Labute approximate surface area is 84.8 Å². The average molecular weight is 191 g/mol. The quantitative estimate of drug-likeness (QED) is 0.683. The standard InChI is InChI=1S/C12H15O2/c1-8-4-9(2)12(10(3)5-8)14-7-11-6-13-11/h4-5,11H,1,6-7H2,2-3H3. The lowest BCUT2D eigenvalue weighted by molar-refractivity contribution is 0.260. The summed E-state index contributed by atoms with van der Waals surface area (Å²) >= 11 is 0. The van der Waals surface area contributed by atoms with Crippen molar-refractivity contribution in [2.45, 2.75) is 20.0 Å². The minimum absolute atomic E-state index is 0.313. The van der Waals surface area contributed by atoms with Crippen LogP contribution in [0.15, 0.2) is 12.1 Å². The van der Waals surface area contributed by atoms with Crippen LogP contribution < -0.4 is 4.74 Å². The first kappa shape index (κ1) is 9.53. The molecular formula is C12H15O2. The van der Waals surface area contributed by atoms with Crippen LogP contribution in [-0.4, -0.2) is 19.3 Å². The molecule has 1 saturated heterocycles. The number of aryl methyl sites for hydroxylation is 2. The molecule has 1 aliphatic rings. The van der Waals surface area contributed by atoms with Crippen LogP contribution in [0.2, 0.25) is 0 Å². The molecule has 1 fully saturated rings. The van der Waals surface area contributed by atoms with E-state index in [0.717, 1.165) is 29.0 Å². The Morgan fingerprint density at radius 2 is 2.00 bits per heavy atom. The number of hydrogen-bond donors (Lipinski definition) is 0. The van der Waals surface area contributed by atoms with E-state index in [1.54, 1.807) is 0 Å². The number of rotatable bonds is 3. The average Bonchev–Trinajstić information content (AvgIpc) is 2.85. The van der Waals surface area contributed by atoms with Gasteiger partial charge >= 0.3 is 0 Å². The molecule has 1 unspecified atom stereocenters. The van der Waals surface area contributed by atoms with Crippen molar-refractivity contribution in [3.05, 3.63) is 35.7 Å². The zero-order chi connectivity index (χ0) is 10.1. The van der Waals surface area contributed by atoms with Crippen LogP contribution in [-0.2, 0) is 4.74 Å². The Kier molecular flexibility index (Phi) is 2.46. The highest BCUT2D eigenvalue weighted by Gasteiger charge is 2.23. The summed E-state index contributed by atoms with van der Waals surface area (Å²) in [4.78, 5) is 0. The highest BCUT2D eigenvalue weighted by Crippen LogP contribution is 2.25. The molecule has 0 aliphatic carbocycles. The van der Waals surface area contributed by atoms with E-state index in [-0.39, 0.29) is 0 Å². The summed E-state index contributed by atoms with van der Waals surface area (Å²) in [6.07, 6.45) is 0.313. The van der Waals surface area contributed by atoms with Gasteiger partial charge in [0.1, 0.15) is 18.5 Å². The largest absolute Gasteiger partial charge is 0.490 e. The molecule has 2 nitrogen and oxygen atoms in total. The molecule has 0 amide bonds. The lowest BCUT2D eigenvalue weighted by atomic mass is 10.1. The molecular weight excluding hydrogens is 176 g/mol. The van der Waals surface area contributed by atoms with Crippen LogP contribution in [0.3, 0.4) is 0 Å². The minimum Gasteiger partial charge on any atom is -0.490 e. The molecule has 0 saturated carbocycles. The van der Waals surface area contributed by atoms with Gasteiger partial charge in [-0.2, -0.15) is 0 Å². The van der Waals surface area contributed by atoms with Crippen molar-refractivity contribution < 1.29 is 9.47 Å². The van der Waals surface area contributed by atoms with E-state index in [2.05, 4.69) is 6.92 Å². The first-order valence-corrected chi connectivity index (χ1v) is 4.84. The second-order valence-corrected chi connectivity index (χ2v) is 3.83. The number of benzene rings is 1. The van der Waals surface area contributed by atoms with E-state index in [0.29, 0.717) is 12.7 Å². The molecule has 1 radical (unpaired) electrons. The second kappa shape index (κ2) is 3.62. The Balaban J connectivity index is 2.13. The summed E-state index contributed by atoms with van der Waals surface area (Å²) in [7, 11) is 0. The van der Waals surface area contributed by atoms with E-state index in [1.165, 1.54) is 0 Å². The monoisotopic (exact) mass is 191 g/mol. The zero-order valence-corrected chi connectivity index (χ0v) is 8.67. The topological polar surface area (TPSA) is 21.8 Å². The maximum Gasteiger partial charge on any atom is 0.125 e. The van der Waals surface area contributed by atoms with Crippen molar-refractivity contribution >= 4 is 0 Å². The summed E-state index contributed by atoms with van der Waals surface area (Å²) in [5.74, 6) is 0.980. The maximum absolute atomic E-state index is 5.69. The fourth-order valence-corrected chi connectivity index (χ4v) is 1.61. The summed E-state index contributed by atoms with van der Waals surface area (Å²) in [6.45, 7) is 9.51. The summed E-state index contributed by atoms with van der Waals surface area (Å²) in [6, 6.07) is 4.08. The third kappa shape index (κ3) is 2.07. The smallest absolute Gasteiger partial charge is 0.125 e. The van der Waals surface area contributed by atoms with Crippen molar-refractivity contribution in [3.8, 4) is 5.75 Å². The number of epoxide rings is 1. The van der Waals surface area contributed by atoms with Crippen molar-refractivity contribution in [1.82, 2.24) is 0 Å². The van der Waals surface area contributed by atoms with E-state index in [9.17, 15) is 0 Å². The lowest BCUT2D eigenvalue weighted by Gasteiger charge is -2.11. The summed E-state index contributed by atoms with van der Waals surface area (Å²) < 4.78 is 10.8. The number of hydrogen-bond acceptors (Lipinski definition) is 2. The van der Waals surface area contributed by atoms with Gasteiger partial charge in [-0.3, -0.25) is 0 Å². The van der Waals surface area contributed by atoms with Crippen LogP contribution in [0.5, 0.6) is 5.75 Å². The Morgan fingerprint density at radius 3 is 2.50 bits per heavy atom. The maximum atomic E-state index is 5.69. The van der Waals surface area contributed by atoms with Gasteiger partial charge in [-0.1, -0.05) is 12.1 Å².